The molecule has 2 aliphatic heterocycles. The van der Waals surface area contributed by atoms with Gasteiger partial charge in [-0.3, -0.25) is 4.90 Å². The largest absolute Gasteiger partial charge is 0.370 e. The first kappa shape index (κ1) is 16.6. The molecule has 0 amide bonds. The van der Waals surface area contributed by atoms with E-state index in [9.17, 15) is 0 Å². The maximum Gasteiger partial charge on any atom is 0.124 e. The number of aromatic nitrogens is 2. The zero-order chi connectivity index (χ0) is 17.1. The predicted molar refractivity (Wildman–Crippen MR) is 102 cm³/mol. The van der Waals surface area contributed by atoms with E-state index in [-0.39, 0.29) is 0 Å². The van der Waals surface area contributed by atoms with Crippen LogP contribution in [-0.4, -0.2) is 47.4 Å². The van der Waals surface area contributed by atoms with E-state index in [1.54, 1.807) is 0 Å². The lowest BCUT2D eigenvalue weighted by atomic mass is 10.0. The fourth-order valence-corrected chi connectivity index (χ4v) is 4.05. The second kappa shape index (κ2) is 7.58. The summed E-state index contributed by atoms with van der Waals surface area (Å²) in [6.45, 7) is 8.68. The average molecular weight is 339 g/mol. The molecule has 1 aromatic heterocycles. The van der Waals surface area contributed by atoms with Crippen molar-refractivity contribution in [3.05, 3.63) is 47.7 Å². The fourth-order valence-electron chi connectivity index (χ4n) is 4.05. The Morgan fingerprint density at radius 1 is 1.20 bits per heavy atom. The van der Waals surface area contributed by atoms with Crippen LogP contribution in [0.2, 0.25) is 0 Å². The third kappa shape index (κ3) is 3.88. The molecule has 1 saturated heterocycles. The third-order valence-corrected chi connectivity index (χ3v) is 5.53. The van der Waals surface area contributed by atoms with Gasteiger partial charge in [-0.2, -0.15) is 5.10 Å². The highest BCUT2D eigenvalue weighted by Crippen LogP contribution is 2.25. The van der Waals surface area contributed by atoms with Gasteiger partial charge < -0.3 is 10.6 Å². The number of benzene rings is 1. The Morgan fingerprint density at radius 3 is 2.80 bits per heavy atom. The Balaban J connectivity index is 1.35. The van der Waals surface area contributed by atoms with Crippen LogP contribution in [-0.2, 0) is 6.54 Å². The van der Waals surface area contributed by atoms with E-state index >= 15 is 0 Å². The highest BCUT2D eigenvalue weighted by Gasteiger charge is 2.24. The Kier molecular flexibility index (Phi) is 5.04. The number of rotatable bonds is 6. The summed E-state index contributed by atoms with van der Waals surface area (Å²) in [5.74, 6) is 1.73. The lowest BCUT2D eigenvalue weighted by Gasteiger charge is -2.30. The van der Waals surface area contributed by atoms with Crippen LogP contribution in [0.5, 0.6) is 0 Å². The van der Waals surface area contributed by atoms with Gasteiger partial charge in [0.05, 0.1) is 6.20 Å². The van der Waals surface area contributed by atoms with E-state index in [4.69, 9.17) is 0 Å². The molecule has 0 radical (unpaired) electrons. The van der Waals surface area contributed by atoms with Gasteiger partial charge in [-0.1, -0.05) is 29.8 Å². The van der Waals surface area contributed by atoms with Gasteiger partial charge in [0.2, 0.25) is 0 Å². The maximum absolute atomic E-state index is 4.39. The Morgan fingerprint density at radius 2 is 2.00 bits per heavy atom. The SMILES string of the molecule is Cc1ccc([C@H](CNC[C@@H]2CNc3ccnn3C2)N2CCCC2)cc1. The van der Waals surface area contributed by atoms with Crippen molar-refractivity contribution in [1.82, 2.24) is 20.0 Å². The minimum absolute atomic E-state index is 0.486. The van der Waals surface area contributed by atoms with Crippen molar-refractivity contribution in [2.24, 2.45) is 5.92 Å². The molecule has 3 heterocycles. The molecule has 0 bridgehead atoms. The van der Waals surface area contributed by atoms with E-state index in [0.29, 0.717) is 12.0 Å². The van der Waals surface area contributed by atoms with E-state index in [1.807, 2.05) is 12.3 Å². The van der Waals surface area contributed by atoms with E-state index in [2.05, 4.69) is 56.5 Å². The molecule has 0 aliphatic carbocycles. The van der Waals surface area contributed by atoms with Crippen LogP contribution in [0.3, 0.4) is 0 Å². The van der Waals surface area contributed by atoms with Gasteiger partial charge in [0.25, 0.3) is 0 Å². The number of hydrogen-bond donors (Lipinski definition) is 2. The summed E-state index contributed by atoms with van der Waals surface area (Å²) in [5.41, 5.74) is 2.77. The van der Waals surface area contributed by atoms with Crippen LogP contribution < -0.4 is 10.6 Å². The molecule has 2 N–H and O–H groups in total. The van der Waals surface area contributed by atoms with Crippen LogP contribution >= 0.6 is 0 Å². The molecule has 5 heteroatoms. The minimum atomic E-state index is 0.486. The monoisotopic (exact) mass is 339 g/mol. The van der Waals surface area contributed by atoms with Gasteiger partial charge in [0, 0.05) is 44.2 Å². The molecule has 1 fully saturated rings. The number of nitrogens with zero attached hydrogens (tertiary/aromatic N) is 3. The third-order valence-electron chi connectivity index (χ3n) is 5.53. The van der Waals surface area contributed by atoms with Gasteiger partial charge in [-0.25, -0.2) is 4.68 Å². The maximum atomic E-state index is 4.39. The van der Waals surface area contributed by atoms with Gasteiger partial charge in [0.1, 0.15) is 5.82 Å². The van der Waals surface area contributed by atoms with Gasteiger partial charge in [0.15, 0.2) is 0 Å². The molecule has 5 nitrogen and oxygen atoms in total. The molecule has 25 heavy (non-hydrogen) atoms. The van der Waals surface area contributed by atoms with Crippen molar-refractivity contribution in [3.8, 4) is 0 Å². The van der Waals surface area contributed by atoms with Gasteiger partial charge in [-0.05, 0) is 38.4 Å². The summed E-state index contributed by atoms with van der Waals surface area (Å²) >= 11 is 0. The highest BCUT2D eigenvalue weighted by molar-refractivity contribution is 5.35. The van der Waals surface area contributed by atoms with Crippen LogP contribution in [0.1, 0.15) is 30.0 Å². The number of likely N-dealkylation sites (tertiary alicyclic amines) is 1. The molecule has 0 spiro atoms. The molecule has 2 aromatic rings. The normalized spacial score (nSPS) is 21.7. The second-order valence-electron chi connectivity index (χ2n) is 7.47. The lowest BCUT2D eigenvalue weighted by Crippen LogP contribution is -2.39. The predicted octanol–water partition coefficient (Wildman–Crippen LogP) is 2.66. The Labute approximate surface area is 150 Å². The molecule has 0 unspecified atom stereocenters. The van der Waals surface area contributed by atoms with Crippen molar-refractivity contribution < 1.29 is 0 Å². The van der Waals surface area contributed by atoms with Crippen molar-refractivity contribution in [2.45, 2.75) is 32.4 Å². The molecular formula is C20H29N5. The highest BCUT2D eigenvalue weighted by atomic mass is 15.3. The topological polar surface area (TPSA) is 45.1 Å². The number of hydrogen-bond acceptors (Lipinski definition) is 4. The van der Waals surface area contributed by atoms with Crippen LogP contribution in [0.25, 0.3) is 0 Å². The Hall–Kier alpha value is -1.85. The quantitative estimate of drug-likeness (QED) is 0.849. The Bertz CT molecular complexity index is 672. The standard InChI is InChI=1S/C20H29N5/c1-16-4-6-18(7-5-16)19(24-10-2-3-11-24)14-21-12-17-13-22-20-8-9-23-25(20)15-17/h4-9,17,19,21-22H,2-3,10-15H2,1H3/t17-,19+/m1/s1. The number of anilines is 1. The number of fused-ring (bicyclic) bond motifs is 1. The zero-order valence-electron chi connectivity index (χ0n) is 15.1. The van der Waals surface area contributed by atoms with Crippen molar-refractivity contribution >= 4 is 5.82 Å². The fraction of sp³-hybridized carbons (Fsp3) is 0.550. The van der Waals surface area contributed by atoms with Crippen LogP contribution in [0.15, 0.2) is 36.5 Å². The smallest absolute Gasteiger partial charge is 0.124 e. The number of nitrogens with one attached hydrogen (secondary N) is 2. The van der Waals surface area contributed by atoms with Crippen molar-refractivity contribution in [2.75, 3.05) is 38.0 Å². The van der Waals surface area contributed by atoms with E-state index in [0.717, 1.165) is 32.0 Å². The second-order valence-corrected chi connectivity index (χ2v) is 7.47. The molecule has 0 saturated carbocycles. The summed E-state index contributed by atoms with van der Waals surface area (Å²) < 4.78 is 2.08. The number of aryl methyl sites for hydroxylation is 1. The first-order valence-electron chi connectivity index (χ1n) is 9.56. The van der Waals surface area contributed by atoms with Crippen LogP contribution in [0.4, 0.5) is 5.82 Å². The summed E-state index contributed by atoms with van der Waals surface area (Å²) in [4.78, 5) is 2.64. The van der Waals surface area contributed by atoms with E-state index in [1.165, 1.54) is 37.1 Å². The summed E-state index contributed by atoms with van der Waals surface area (Å²) in [5, 5.41) is 11.6. The molecule has 4 rings (SSSR count). The van der Waals surface area contributed by atoms with Crippen LogP contribution in [0, 0.1) is 12.8 Å². The first-order valence-corrected chi connectivity index (χ1v) is 9.56. The molecular weight excluding hydrogens is 310 g/mol. The molecule has 1 aromatic carbocycles. The van der Waals surface area contributed by atoms with Crippen molar-refractivity contribution in [1.29, 1.82) is 0 Å². The first-order chi connectivity index (χ1) is 12.3. The lowest BCUT2D eigenvalue weighted by molar-refractivity contribution is 0.234. The zero-order valence-corrected chi connectivity index (χ0v) is 15.1. The summed E-state index contributed by atoms with van der Waals surface area (Å²) in [6.07, 6.45) is 4.53. The molecule has 134 valence electrons. The van der Waals surface area contributed by atoms with Gasteiger partial charge >= 0.3 is 0 Å². The molecule has 2 aliphatic rings. The van der Waals surface area contributed by atoms with E-state index < -0.39 is 0 Å². The van der Waals surface area contributed by atoms with Crippen molar-refractivity contribution in [3.63, 3.8) is 0 Å². The minimum Gasteiger partial charge on any atom is -0.370 e. The molecule has 2 atom stereocenters. The van der Waals surface area contributed by atoms with Gasteiger partial charge in [-0.15, -0.1) is 0 Å². The average Bonchev–Trinajstić information content (AvgIpc) is 3.31. The summed E-state index contributed by atoms with van der Waals surface area (Å²) in [6, 6.07) is 11.6. The summed E-state index contributed by atoms with van der Waals surface area (Å²) in [7, 11) is 0.